The molecule has 35 heavy (non-hydrogen) atoms. The number of carbonyl (C=O) groups is 3. The molecule has 0 fully saturated rings. The van der Waals surface area contributed by atoms with E-state index in [4.69, 9.17) is 4.74 Å². The third-order valence-corrected chi connectivity index (χ3v) is 5.79. The molecule has 0 spiro atoms. The average molecular weight is 490 g/mol. The molecular formula is C28H47N3O4. The highest BCUT2D eigenvalue weighted by atomic mass is 16.6. The second-order valence-corrected chi connectivity index (χ2v) is 10.7. The smallest absolute Gasteiger partial charge is 0.408 e. The minimum absolute atomic E-state index is 0.0112. The van der Waals surface area contributed by atoms with Crippen molar-refractivity contribution in [1.29, 1.82) is 0 Å². The average Bonchev–Trinajstić information content (AvgIpc) is 2.74. The Bertz CT molecular complexity index is 832. The molecule has 7 nitrogen and oxygen atoms in total. The lowest BCUT2D eigenvalue weighted by Crippen LogP contribution is -2.55. The van der Waals surface area contributed by atoms with Crippen molar-refractivity contribution in [2.24, 2.45) is 5.92 Å². The van der Waals surface area contributed by atoms with Crippen LogP contribution in [0, 0.1) is 12.8 Å². The SMILES string of the molecule is CCCCN(C(=O)C(NC(=O)OC(C)(C)C)C(C)C)C(C(=O)NC(C)CCC)c1ccccc1C. The molecule has 0 radical (unpaired) electrons. The molecule has 1 rings (SSSR count). The molecule has 7 heteroatoms. The monoisotopic (exact) mass is 489 g/mol. The Morgan fingerprint density at radius 3 is 2.14 bits per heavy atom. The van der Waals surface area contributed by atoms with Crippen molar-refractivity contribution in [2.45, 2.75) is 112 Å². The zero-order valence-corrected chi connectivity index (χ0v) is 23.2. The first-order valence-electron chi connectivity index (χ1n) is 13.0. The molecule has 0 bridgehead atoms. The van der Waals surface area contributed by atoms with E-state index in [-0.39, 0.29) is 23.8 Å². The molecule has 3 unspecified atom stereocenters. The Morgan fingerprint density at radius 1 is 1.00 bits per heavy atom. The molecule has 198 valence electrons. The Labute approximate surface area is 212 Å². The quantitative estimate of drug-likeness (QED) is 0.405. The number of unbranched alkanes of at least 4 members (excludes halogenated alkanes) is 1. The summed E-state index contributed by atoms with van der Waals surface area (Å²) in [4.78, 5) is 41.9. The minimum atomic E-state index is -0.825. The highest BCUT2D eigenvalue weighted by molar-refractivity contribution is 5.92. The van der Waals surface area contributed by atoms with Crippen molar-refractivity contribution in [3.8, 4) is 0 Å². The first-order valence-corrected chi connectivity index (χ1v) is 13.0. The number of alkyl carbamates (subject to hydrolysis) is 1. The number of carbonyl (C=O) groups excluding carboxylic acids is 3. The lowest BCUT2D eigenvalue weighted by Gasteiger charge is -2.36. The van der Waals surface area contributed by atoms with E-state index < -0.39 is 23.8 Å². The highest BCUT2D eigenvalue weighted by Gasteiger charge is 2.38. The third kappa shape index (κ3) is 9.90. The van der Waals surface area contributed by atoms with Gasteiger partial charge in [-0.2, -0.15) is 0 Å². The van der Waals surface area contributed by atoms with Crippen LogP contribution in [0.4, 0.5) is 4.79 Å². The van der Waals surface area contributed by atoms with Gasteiger partial charge < -0.3 is 20.3 Å². The number of hydrogen-bond acceptors (Lipinski definition) is 4. The van der Waals surface area contributed by atoms with Crippen molar-refractivity contribution < 1.29 is 19.1 Å². The van der Waals surface area contributed by atoms with Gasteiger partial charge in [-0.25, -0.2) is 4.79 Å². The van der Waals surface area contributed by atoms with E-state index in [9.17, 15) is 14.4 Å². The summed E-state index contributed by atoms with van der Waals surface area (Å²) in [5.74, 6) is -0.686. The molecule has 0 aromatic heterocycles. The van der Waals surface area contributed by atoms with Gasteiger partial charge in [0.1, 0.15) is 17.7 Å². The van der Waals surface area contributed by atoms with Crippen LogP contribution in [0.25, 0.3) is 0 Å². The number of hydrogen-bond donors (Lipinski definition) is 2. The van der Waals surface area contributed by atoms with Crippen molar-refractivity contribution in [2.75, 3.05) is 6.54 Å². The number of aryl methyl sites for hydroxylation is 1. The van der Waals surface area contributed by atoms with Crippen LogP contribution >= 0.6 is 0 Å². The van der Waals surface area contributed by atoms with Gasteiger partial charge in [0.2, 0.25) is 11.8 Å². The molecule has 2 N–H and O–H groups in total. The molecule has 1 aromatic carbocycles. The summed E-state index contributed by atoms with van der Waals surface area (Å²) in [6.45, 7) is 17.6. The van der Waals surface area contributed by atoms with E-state index in [1.807, 2.05) is 58.9 Å². The van der Waals surface area contributed by atoms with Gasteiger partial charge >= 0.3 is 6.09 Å². The highest BCUT2D eigenvalue weighted by Crippen LogP contribution is 2.27. The van der Waals surface area contributed by atoms with Crippen molar-refractivity contribution >= 4 is 17.9 Å². The first-order chi connectivity index (χ1) is 16.3. The number of ether oxygens (including phenoxy) is 1. The third-order valence-electron chi connectivity index (χ3n) is 5.79. The van der Waals surface area contributed by atoms with Gasteiger partial charge in [0.15, 0.2) is 0 Å². The number of nitrogens with zero attached hydrogens (tertiary/aromatic N) is 1. The van der Waals surface area contributed by atoms with E-state index in [0.717, 1.165) is 36.8 Å². The number of nitrogens with one attached hydrogen (secondary N) is 2. The van der Waals surface area contributed by atoms with Crippen LogP contribution in [0.3, 0.4) is 0 Å². The predicted octanol–water partition coefficient (Wildman–Crippen LogP) is 5.52. The summed E-state index contributed by atoms with van der Waals surface area (Å²) in [7, 11) is 0. The van der Waals surface area contributed by atoms with Crippen LogP contribution in [0.15, 0.2) is 24.3 Å². The number of amides is 3. The maximum absolute atomic E-state index is 14.0. The van der Waals surface area contributed by atoms with Gasteiger partial charge in [-0.1, -0.05) is 64.8 Å². The molecular weight excluding hydrogens is 442 g/mol. The van der Waals surface area contributed by atoms with E-state index in [1.54, 1.807) is 25.7 Å². The standard InChI is InChI=1S/C28H47N3O4/c1-10-12-18-31(26(33)23(19(3)4)30-27(34)35-28(7,8)9)24(22-17-14-13-16-20(22)5)25(32)29-21(6)15-11-2/h13-14,16-17,19,21,23-24H,10-12,15,18H2,1-9H3,(H,29,32)(H,30,34). The Kier molecular flexibility index (Phi) is 12.3. The summed E-state index contributed by atoms with van der Waals surface area (Å²) in [6.07, 6.45) is 2.76. The Balaban J connectivity index is 3.46. The fraction of sp³-hybridized carbons (Fsp3) is 0.679. The zero-order chi connectivity index (χ0) is 26.8. The molecule has 3 amide bonds. The molecule has 1 aromatic rings. The summed E-state index contributed by atoms with van der Waals surface area (Å²) in [5, 5.41) is 5.88. The van der Waals surface area contributed by atoms with Gasteiger partial charge in [0, 0.05) is 12.6 Å². The molecule has 0 aliphatic heterocycles. The van der Waals surface area contributed by atoms with Crippen LogP contribution in [-0.2, 0) is 14.3 Å². The van der Waals surface area contributed by atoms with E-state index >= 15 is 0 Å². The van der Waals surface area contributed by atoms with Gasteiger partial charge in [-0.05, 0) is 64.5 Å². The van der Waals surface area contributed by atoms with E-state index in [0.29, 0.717) is 6.54 Å². The molecule has 3 atom stereocenters. The largest absolute Gasteiger partial charge is 0.444 e. The molecule has 0 aliphatic carbocycles. The number of benzene rings is 1. The fourth-order valence-corrected chi connectivity index (χ4v) is 3.99. The van der Waals surface area contributed by atoms with E-state index in [1.165, 1.54) is 0 Å². The van der Waals surface area contributed by atoms with Crippen LogP contribution in [-0.4, -0.2) is 47.0 Å². The molecule has 0 heterocycles. The van der Waals surface area contributed by atoms with Crippen molar-refractivity contribution in [3.63, 3.8) is 0 Å². The van der Waals surface area contributed by atoms with Gasteiger partial charge in [0.25, 0.3) is 0 Å². The maximum atomic E-state index is 14.0. The van der Waals surface area contributed by atoms with Crippen molar-refractivity contribution in [3.05, 3.63) is 35.4 Å². The maximum Gasteiger partial charge on any atom is 0.408 e. The van der Waals surface area contributed by atoms with Gasteiger partial charge in [0.05, 0.1) is 0 Å². The predicted molar refractivity (Wildman–Crippen MR) is 141 cm³/mol. The molecule has 0 saturated heterocycles. The number of rotatable bonds is 12. The lowest BCUT2D eigenvalue weighted by molar-refractivity contribution is -0.143. The van der Waals surface area contributed by atoms with E-state index in [2.05, 4.69) is 17.6 Å². The Morgan fingerprint density at radius 2 is 1.63 bits per heavy atom. The van der Waals surface area contributed by atoms with Crippen LogP contribution in [0.2, 0.25) is 0 Å². The minimum Gasteiger partial charge on any atom is -0.444 e. The second-order valence-electron chi connectivity index (χ2n) is 10.7. The van der Waals surface area contributed by atoms with Gasteiger partial charge in [-0.3, -0.25) is 9.59 Å². The summed E-state index contributed by atoms with van der Waals surface area (Å²) < 4.78 is 5.42. The normalized spacial score (nSPS) is 14.1. The van der Waals surface area contributed by atoms with Crippen LogP contribution in [0.1, 0.15) is 98.2 Å². The molecule has 0 saturated carbocycles. The summed E-state index contributed by atoms with van der Waals surface area (Å²) >= 11 is 0. The lowest BCUT2D eigenvalue weighted by atomic mass is 9.95. The topological polar surface area (TPSA) is 87.7 Å². The fourth-order valence-electron chi connectivity index (χ4n) is 3.99. The second kappa shape index (κ2) is 14.1. The van der Waals surface area contributed by atoms with Crippen LogP contribution in [0.5, 0.6) is 0 Å². The summed E-state index contributed by atoms with van der Waals surface area (Å²) in [6, 6.07) is 6.04. The summed E-state index contributed by atoms with van der Waals surface area (Å²) in [5.41, 5.74) is 1.04. The Hall–Kier alpha value is -2.57. The van der Waals surface area contributed by atoms with Crippen LogP contribution < -0.4 is 10.6 Å². The molecule has 0 aliphatic rings. The zero-order valence-electron chi connectivity index (χ0n) is 23.2. The first kappa shape index (κ1) is 30.5. The van der Waals surface area contributed by atoms with Crippen molar-refractivity contribution in [1.82, 2.24) is 15.5 Å². The van der Waals surface area contributed by atoms with Gasteiger partial charge in [-0.15, -0.1) is 0 Å².